The number of rotatable bonds is 2. The van der Waals surface area contributed by atoms with E-state index in [2.05, 4.69) is 93.0 Å². The molecule has 0 saturated heterocycles. The highest BCUT2D eigenvalue weighted by atomic mass is 15.1. The van der Waals surface area contributed by atoms with Crippen molar-refractivity contribution in [2.75, 3.05) is 0 Å². The van der Waals surface area contributed by atoms with E-state index < -0.39 is 0 Å². The quantitative estimate of drug-likeness (QED) is 0.273. The van der Waals surface area contributed by atoms with Gasteiger partial charge in [-0.05, 0) is 54.6 Å². The summed E-state index contributed by atoms with van der Waals surface area (Å²) in [5.74, 6) is 0.852. The third-order valence-electron chi connectivity index (χ3n) is 6.95. The first-order valence-corrected chi connectivity index (χ1v) is 12.0. The Kier molecular flexibility index (Phi) is 3.88. The highest BCUT2D eigenvalue weighted by Crippen LogP contribution is 2.37. The van der Waals surface area contributed by atoms with E-state index in [-0.39, 0.29) is 0 Å². The van der Waals surface area contributed by atoms with E-state index >= 15 is 0 Å². The molecular formula is C31H19N5. The zero-order valence-electron chi connectivity index (χ0n) is 19.2. The zero-order chi connectivity index (χ0) is 23.6. The molecule has 0 aliphatic carbocycles. The van der Waals surface area contributed by atoms with Crippen molar-refractivity contribution < 1.29 is 0 Å². The largest absolute Gasteiger partial charge is 0.308 e. The summed E-state index contributed by atoms with van der Waals surface area (Å²) < 4.78 is 4.52. The minimum atomic E-state index is 0.852. The minimum absolute atomic E-state index is 0.852. The zero-order valence-corrected chi connectivity index (χ0v) is 19.2. The molecule has 0 amide bonds. The van der Waals surface area contributed by atoms with Crippen LogP contribution in [0.2, 0.25) is 0 Å². The van der Waals surface area contributed by atoms with Gasteiger partial charge in [0, 0.05) is 22.7 Å². The lowest BCUT2D eigenvalue weighted by molar-refractivity contribution is 1.09. The number of para-hydroxylation sites is 3. The van der Waals surface area contributed by atoms with Crippen molar-refractivity contribution in [3.8, 4) is 11.5 Å². The summed E-state index contributed by atoms with van der Waals surface area (Å²) in [6.07, 6.45) is 1.80. The molecule has 0 N–H and O–H groups in total. The maximum Gasteiger partial charge on any atom is 0.138 e. The molecule has 0 bridgehead atoms. The lowest BCUT2D eigenvalue weighted by Gasteiger charge is -2.09. The molecule has 3 aromatic carbocycles. The van der Waals surface area contributed by atoms with Crippen molar-refractivity contribution in [2.24, 2.45) is 0 Å². The Bertz CT molecular complexity index is 2100. The summed E-state index contributed by atoms with van der Waals surface area (Å²) in [4.78, 5) is 14.7. The van der Waals surface area contributed by atoms with E-state index in [1.165, 1.54) is 0 Å². The van der Waals surface area contributed by atoms with Crippen molar-refractivity contribution in [3.63, 3.8) is 0 Å². The Morgan fingerprint density at radius 1 is 0.472 bits per heavy atom. The molecule has 0 saturated carbocycles. The van der Waals surface area contributed by atoms with E-state index in [1.54, 1.807) is 6.20 Å². The Labute approximate surface area is 205 Å². The fourth-order valence-corrected chi connectivity index (χ4v) is 5.40. The van der Waals surface area contributed by atoms with Crippen molar-refractivity contribution in [3.05, 3.63) is 115 Å². The van der Waals surface area contributed by atoms with E-state index in [4.69, 9.17) is 9.97 Å². The number of fused-ring (bicyclic) bond motifs is 7. The summed E-state index contributed by atoms with van der Waals surface area (Å²) in [5, 5.41) is 2.25. The molecule has 36 heavy (non-hydrogen) atoms. The summed E-state index contributed by atoms with van der Waals surface area (Å²) >= 11 is 0. The van der Waals surface area contributed by atoms with E-state index in [1.807, 2.05) is 30.3 Å². The van der Waals surface area contributed by atoms with Gasteiger partial charge >= 0.3 is 0 Å². The molecule has 0 fully saturated rings. The van der Waals surface area contributed by atoms with Crippen LogP contribution in [0.15, 0.2) is 115 Å². The van der Waals surface area contributed by atoms with E-state index in [0.29, 0.717) is 0 Å². The smallest absolute Gasteiger partial charge is 0.138 e. The second kappa shape index (κ2) is 7.23. The van der Waals surface area contributed by atoms with Gasteiger partial charge in [0.15, 0.2) is 0 Å². The molecule has 5 aromatic heterocycles. The fourth-order valence-electron chi connectivity index (χ4n) is 5.40. The van der Waals surface area contributed by atoms with Gasteiger partial charge in [0.2, 0.25) is 0 Å². The average molecular weight is 462 g/mol. The first-order chi connectivity index (χ1) is 17.9. The molecule has 8 rings (SSSR count). The number of hydrogen-bond donors (Lipinski definition) is 0. The van der Waals surface area contributed by atoms with Crippen LogP contribution in [-0.4, -0.2) is 24.1 Å². The monoisotopic (exact) mass is 461 g/mol. The first kappa shape index (κ1) is 19.3. The molecule has 0 aliphatic heterocycles. The Balaban J connectivity index is 1.55. The molecule has 5 heterocycles. The van der Waals surface area contributed by atoms with Gasteiger partial charge in [-0.3, -0.25) is 9.55 Å². The van der Waals surface area contributed by atoms with Crippen molar-refractivity contribution >= 4 is 54.9 Å². The van der Waals surface area contributed by atoms with Crippen LogP contribution in [0.5, 0.6) is 0 Å². The summed E-state index contributed by atoms with van der Waals surface area (Å²) in [5.41, 5.74) is 9.16. The number of pyridine rings is 3. The van der Waals surface area contributed by atoms with Crippen LogP contribution < -0.4 is 0 Å². The Morgan fingerprint density at radius 3 is 1.92 bits per heavy atom. The fraction of sp³-hybridized carbons (Fsp3) is 0. The van der Waals surface area contributed by atoms with Crippen LogP contribution >= 0.6 is 0 Å². The predicted molar refractivity (Wildman–Crippen MR) is 146 cm³/mol. The van der Waals surface area contributed by atoms with E-state index in [0.717, 1.165) is 66.4 Å². The van der Waals surface area contributed by atoms with Crippen LogP contribution in [0.4, 0.5) is 0 Å². The Morgan fingerprint density at radius 2 is 1.14 bits per heavy atom. The van der Waals surface area contributed by atoms with Gasteiger partial charge in [-0.2, -0.15) is 0 Å². The summed E-state index contributed by atoms with van der Waals surface area (Å²) in [6, 6.07) is 37.7. The normalized spacial score (nSPS) is 11.9. The van der Waals surface area contributed by atoms with Crippen LogP contribution in [0.3, 0.4) is 0 Å². The van der Waals surface area contributed by atoms with Crippen molar-refractivity contribution in [1.29, 1.82) is 0 Å². The first-order valence-electron chi connectivity index (χ1n) is 12.0. The molecule has 5 heteroatoms. The maximum absolute atomic E-state index is 5.31. The van der Waals surface area contributed by atoms with Gasteiger partial charge in [0.05, 0.1) is 44.1 Å². The SMILES string of the molecule is c1ccc(-n2c3ccccc3c3nc4c5ccccc5n(-c5ccc6ncccc6n5)c4cc32)cc1. The molecule has 5 nitrogen and oxygen atoms in total. The van der Waals surface area contributed by atoms with Crippen LogP contribution in [-0.2, 0) is 0 Å². The molecular weight excluding hydrogens is 442 g/mol. The van der Waals surface area contributed by atoms with E-state index in [9.17, 15) is 0 Å². The standard InChI is InChI=1S/C31H19N5/c1-2-9-20(10-3-1)35-25-14-6-4-11-21(25)30-27(35)19-28-31(34-30)22-12-5-7-15-26(22)36(28)29-17-16-23-24(33-29)13-8-18-32-23/h1-19H. The number of hydrogen-bond acceptors (Lipinski definition) is 3. The topological polar surface area (TPSA) is 48.5 Å². The van der Waals surface area contributed by atoms with Gasteiger partial charge < -0.3 is 4.57 Å². The molecule has 0 unspecified atom stereocenters. The predicted octanol–water partition coefficient (Wildman–Crippen LogP) is 7.22. The molecule has 0 spiro atoms. The second-order valence-corrected chi connectivity index (χ2v) is 8.98. The third-order valence-corrected chi connectivity index (χ3v) is 6.95. The lowest BCUT2D eigenvalue weighted by atomic mass is 10.2. The van der Waals surface area contributed by atoms with Gasteiger partial charge in [0.25, 0.3) is 0 Å². The molecule has 0 aliphatic rings. The van der Waals surface area contributed by atoms with Crippen LogP contribution in [0, 0.1) is 0 Å². The van der Waals surface area contributed by atoms with Crippen LogP contribution in [0.1, 0.15) is 0 Å². The van der Waals surface area contributed by atoms with Gasteiger partial charge in [-0.1, -0.05) is 54.6 Å². The second-order valence-electron chi connectivity index (χ2n) is 8.98. The maximum atomic E-state index is 5.31. The molecule has 0 atom stereocenters. The average Bonchev–Trinajstić information content (AvgIpc) is 3.44. The summed E-state index contributed by atoms with van der Waals surface area (Å²) in [7, 11) is 0. The van der Waals surface area contributed by atoms with Gasteiger partial charge in [0.1, 0.15) is 5.82 Å². The number of nitrogens with zero attached hydrogens (tertiary/aromatic N) is 5. The van der Waals surface area contributed by atoms with Crippen molar-refractivity contribution in [2.45, 2.75) is 0 Å². The highest BCUT2D eigenvalue weighted by Gasteiger charge is 2.19. The minimum Gasteiger partial charge on any atom is -0.308 e. The molecule has 168 valence electrons. The van der Waals surface area contributed by atoms with Crippen molar-refractivity contribution in [1.82, 2.24) is 24.1 Å². The van der Waals surface area contributed by atoms with Gasteiger partial charge in [-0.15, -0.1) is 0 Å². The number of aromatic nitrogens is 5. The molecule has 8 aromatic rings. The van der Waals surface area contributed by atoms with Crippen LogP contribution in [0.25, 0.3) is 66.4 Å². The number of benzene rings is 3. The Hall–Kier alpha value is -5.03. The summed E-state index contributed by atoms with van der Waals surface area (Å²) in [6.45, 7) is 0. The molecule has 0 radical (unpaired) electrons. The highest BCUT2D eigenvalue weighted by molar-refractivity contribution is 6.15. The van der Waals surface area contributed by atoms with Gasteiger partial charge in [-0.25, -0.2) is 9.97 Å². The lowest BCUT2D eigenvalue weighted by Crippen LogP contribution is -1.99. The third kappa shape index (κ3) is 2.62.